The standard InChI is InChI=1S/C24H27N3O6/c1-29-19-8-6-16(21(10-19)31-3)13-27(24-25-12-18(15-28)23(26-24)33-5)14-17-7-9-20(30-2)11-22(17)32-4/h6-12,15H,13-14H2,1-5H3. The highest BCUT2D eigenvalue weighted by Crippen LogP contribution is 2.31. The molecule has 0 saturated heterocycles. The first kappa shape index (κ1) is 23.6. The first-order valence-electron chi connectivity index (χ1n) is 10.1. The van der Waals surface area contributed by atoms with Gasteiger partial charge in [-0.2, -0.15) is 4.98 Å². The van der Waals surface area contributed by atoms with Gasteiger partial charge in [0.25, 0.3) is 0 Å². The zero-order valence-electron chi connectivity index (χ0n) is 19.3. The summed E-state index contributed by atoms with van der Waals surface area (Å²) >= 11 is 0. The fourth-order valence-corrected chi connectivity index (χ4v) is 3.34. The number of benzene rings is 2. The van der Waals surface area contributed by atoms with E-state index in [4.69, 9.17) is 23.7 Å². The van der Waals surface area contributed by atoms with Crippen LogP contribution in [0, 0.1) is 0 Å². The smallest absolute Gasteiger partial charge is 0.229 e. The van der Waals surface area contributed by atoms with Gasteiger partial charge in [-0.3, -0.25) is 4.79 Å². The molecule has 0 N–H and O–H groups in total. The molecule has 1 heterocycles. The molecule has 33 heavy (non-hydrogen) atoms. The van der Waals surface area contributed by atoms with Crippen molar-refractivity contribution in [2.45, 2.75) is 13.1 Å². The zero-order chi connectivity index (χ0) is 23.8. The number of aromatic nitrogens is 2. The van der Waals surface area contributed by atoms with Gasteiger partial charge < -0.3 is 28.6 Å². The summed E-state index contributed by atoms with van der Waals surface area (Å²) in [5, 5.41) is 0. The van der Waals surface area contributed by atoms with Crippen molar-refractivity contribution < 1.29 is 28.5 Å². The summed E-state index contributed by atoms with van der Waals surface area (Å²) in [7, 11) is 7.88. The average molecular weight is 453 g/mol. The molecule has 0 aliphatic carbocycles. The Morgan fingerprint density at radius 3 is 1.76 bits per heavy atom. The van der Waals surface area contributed by atoms with E-state index in [0.717, 1.165) is 11.1 Å². The lowest BCUT2D eigenvalue weighted by Gasteiger charge is -2.25. The molecule has 2 aromatic carbocycles. The van der Waals surface area contributed by atoms with Crippen LogP contribution in [0.15, 0.2) is 42.6 Å². The lowest BCUT2D eigenvalue weighted by Crippen LogP contribution is -2.25. The van der Waals surface area contributed by atoms with E-state index in [1.54, 1.807) is 28.4 Å². The van der Waals surface area contributed by atoms with Crippen LogP contribution in [0.3, 0.4) is 0 Å². The quantitative estimate of drug-likeness (QED) is 0.404. The Kier molecular flexibility index (Phi) is 7.91. The van der Waals surface area contributed by atoms with E-state index >= 15 is 0 Å². The molecular weight excluding hydrogens is 426 g/mol. The van der Waals surface area contributed by atoms with Gasteiger partial charge in [0.1, 0.15) is 23.0 Å². The summed E-state index contributed by atoms with van der Waals surface area (Å²) in [6.07, 6.45) is 2.10. The molecule has 0 spiro atoms. The van der Waals surface area contributed by atoms with Gasteiger partial charge in [-0.1, -0.05) is 0 Å². The monoisotopic (exact) mass is 453 g/mol. The van der Waals surface area contributed by atoms with Crippen LogP contribution in [-0.2, 0) is 13.1 Å². The van der Waals surface area contributed by atoms with Gasteiger partial charge in [-0.25, -0.2) is 4.98 Å². The minimum Gasteiger partial charge on any atom is -0.497 e. The summed E-state index contributed by atoms with van der Waals surface area (Å²) in [5.74, 6) is 3.28. The van der Waals surface area contributed by atoms with E-state index < -0.39 is 0 Å². The normalized spacial score (nSPS) is 10.3. The number of ether oxygens (including phenoxy) is 5. The number of nitrogens with zero attached hydrogens (tertiary/aromatic N) is 3. The van der Waals surface area contributed by atoms with Crippen LogP contribution in [0.1, 0.15) is 21.5 Å². The van der Waals surface area contributed by atoms with Gasteiger partial charge in [0, 0.05) is 42.5 Å². The van der Waals surface area contributed by atoms with Gasteiger partial charge in [-0.15, -0.1) is 0 Å². The van der Waals surface area contributed by atoms with Crippen molar-refractivity contribution in [3.8, 4) is 28.9 Å². The first-order valence-corrected chi connectivity index (χ1v) is 10.1. The highest BCUT2D eigenvalue weighted by atomic mass is 16.5. The fraction of sp³-hybridized carbons (Fsp3) is 0.292. The highest BCUT2D eigenvalue weighted by molar-refractivity contribution is 5.77. The Morgan fingerprint density at radius 1 is 0.788 bits per heavy atom. The lowest BCUT2D eigenvalue weighted by atomic mass is 10.1. The molecule has 0 atom stereocenters. The number of rotatable bonds is 11. The number of hydrogen-bond donors (Lipinski definition) is 0. The number of carbonyl (C=O) groups excluding carboxylic acids is 1. The Labute approximate surface area is 192 Å². The van der Waals surface area contributed by atoms with Crippen LogP contribution >= 0.6 is 0 Å². The molecular formula is C24H27N3O6. The van der Waals surface area contributed by atoms with E-state index in [0.29, 0.717) is 48.3 Å². The van der Waals surface area contributed by atoms with E-state index in [1.807, 2.05) is 41.3 Å². The van der Waals surface area contributed by atoms with Crippen LogP contribution in [0.4, 0.5) is 5.95 Å². The summed E-state index contributed by atoms with van der Waals surface area (Å²) < 4.78 is 27.0. The largest absolute Gasteiger partial charge is 0.497 e. The van der Waals surface area contributed by atoms with Crippen LogP contribution < -0.4 is 28.6 Å². The van der Waals surface area contributed by atoms with Crippen LogP contribution in [-0.4, -0.2) is 51.8 Å². The van der Waals surface area contributed by atoms with Gasteiger partial charge in [-0.05, 0) is 24.3 Å². The summed E-state index contributed by atoms with van der Waals surface area (Å²) in [5.41, 5.74) is 2.06. The van der Waals surface area contributed by atoms with Crippen molar-refractivity contribution >= 4 is 12.2 Å². The maximum Gasteiger partial charge on any atom is 0.229 e. The molecule has 0 fully saturated rings. The Morgan fingerprint density at radius 2 is 1.33 bits per heavy atom. The number of methoxy groups -OCH3 is 5. The van der Waals surface area contributed by atoms with Crippen molar-refractivity contribution in [1.82, 2.24) is 9.97 Å². The third-order valence-electron chi connectivity index (χ3n) is 5.08. The lowest BCUT2D eigenvalue weighted by molar-refractivity contribution is 0.111. The Balaban J connectivity index is 2.05. The van der Waals surface area contributed by atoms with Gasteiger partial charge in [0.05, 0.1) is 41.1 Å². The molecule has 3 rings (SSSR count). The summed E-state index contributed by atoms with van der Waals surface area (Å²) in [6.45, 7) is 0.817. The minimum atomic E-state index is 0.198. The Hall–Kier alpha value is -4.01. The number of carbonyl (C=O) groups is 1. The second kappa shape index (κ2) is 11.0. The SMILES string of the molecule is COc1ccc(CN(Cc2ccc(OC)cc2OC)c2ncc(C=O)c(OC)n2)c(OC)c1. The molecule has 0 aliphatic rings. The van der Waals surface area contributed by atoms with E-state index in [1.165, 1.54) is 13.3 Å². The number of anilines is 1. The van der Waals surface area contributed by atoms with E-state index in [9.17, 15) is 4.79 Å². The molecule has 9 nitrogen and oxygen atoms in total. The highest BCUT2D eigenvalue weighted by Gasteiger charge is 2.19. The Bertz CT molecular complexity index is 1050. The average Bonchev–Trinajstić information content (AvgIpc) is 2.87. The van der Waals surface area contributed by atoms with Crippen molar-refractivity contribution in [2.24, 2.45) is 0 Å². The predicted molar refractivity (Wildman–Crippen MR) is 123 cm³/mol. The zero-order valence-corrected chi connectivity index (χ0v) is 19.3. The molecule has 3 aromatic rings. The molecule has 0 aliphatic heterocycles. The van der Waals surface area contributed by atoms with Gasteiger partial charge in [0.15, 0.2) is 6.29 Å². The topological polar surface area (TPSA) is 92.2 Å². The number of hydrogen-bond acceptors (Lipinski definition) is 9. The maximum absolute atomic E-state index is 11.3. The molecule has 0 saturated carbocycles. The van der Waals surface area contributed by atoms with Crippen molar-refractivity contribution in [3.05, 3.63) is 59.3 Å². The summed E-state index contributed by atoms with van der Waals surface area (Å²) in [6, 6.07) is 11.2. The van der Waals surface area contributed by atoms with E-state index in [2.05, 4.69) is 9.97 Å². The molecule has 0 amide bonds. The van der Waals surface area contributed by atoms with Crippen molar-refractivity contribution in [1.29, 1.82) is 0 Å². The molecule has 1 aromatic heterocycles. The van der Waals surface area contributed by atoms with Crippen LogP contribution in [0.2, 0.25) is 0 Å². The first-order chi connectivity index (χ1) is 16.1. The molecule has 0 bridgehead atoms. The maximum atomic E-state index is 11.3. The minimum absolute atomic E-state index is 0.198. The third kappa shape index (κ3) is 5.43. The molecule has 9 heteroatoms. The predicted octanol–water partition coefficient (Wildman–Crippen LogP) is 3.54. The number of aldehydes is 1. The van der Waals surface area contributed by atoms with Crippen LogP contribution in [0.5, 0.6) is 28.9 Å². The van der Waals surface area contributed by atoms with Crippen molar-refractivity contribution in [3.63, 3.8) is 0 Å². The van der Waals surface area contributed by atoms with Crippen molar-refractivity contribution in [2.75, 3.05) is 40.4 Å². The second-order valence-corrected chi connectivity index (χ2v) is 6.96. The van der Waals surface area contributed by atoms with E-state index in [-0.39, 0.29) is 11.4 Å². The van der Waals surface area contributed by atoms with Crippen LogP contribution in [0.25, 0.3) is 0 Å². The molecule has 174 valence electrons. The molecule has 0 unspecified atom stereocenters. The second-order valence-electron chi connectivity index (χ2n) is 6.96. The van der Waals surface area contributed by atoms with Gasteiger partial charge in [0.2, 0.25) is 11.8 Å². The molecule has 0 radical (unpaired) electrons. The summed E-state index contributed by atoms with van der Waals surface area (Å²) in [4.78, 5) is 22.1. The van der Waals surface area contributed by atoms with Gasteiger partial charge >= 0.3 is 0 Å². The fourth-order valence-electron chi connectivity index (χ4n) is 3.34. The third-order valence-corrected chi connectivity index (χ3v) is 5.08.